The van der Waals surface area contributed by atoms with Crippen molar-refractivity contribution in [3.8, 4) is 0 Å². The zero-order valence-corrected chi connectivity index (χ0v) is 18.1. The van der Waals surface area contributed by atoms with Crippen LogP contribution in [-0.4, -0.2) is 67.6 Å². The monoisotopic (exact) mass is 385 g/mol. The highest BCUT2D eigenvalue weighted by atomic mass is 16.5. The molecule has 1 aromatic carbocycles. The van der Waals surface area contributed by atoms with Crippen LogP contribution < -0.4 is 0 Å². The first-order chi connectivity index (χ1) is 13.4. The van der Waals surface area contributed by atoms with Crippen molar-refractivity contribution < 1.29 is 9.53 Å². The Kier molecular flexibility index (Phi) is 6.78. The number of hydrogen-bond donors (Lipinski definition) is 1. The molecule has 2 aromatic rings. The maximum absolute atomic E-state index is 13.0. The van der Waals surface area contributed by atoms with E-state index in [4.69, 9.17) is 4.74 Å². The van der Waals surface area contributed by atoms with E-state index in [1.807, 2.05) is 11.9 Å². The molecule has 28 heavy (non-hydrogen) atoms. The van der Waals surface area contributed by atoms with Gasteiger partial charge in [-0.25, -0.2) is 0 Å². The summed E-state index contributed by atoms with van der Waals surface area (Å²) in [7, 11) is 3.72. The molecule has 0 bridgehead atoms. The number of H-pyrrole nitrogens is 1. The maximum Gasteiger partial charge on any atom is 0.226 e. The lowest BCUT2D eigenvalue weighted by atomic mass is 9.96. The van der Waals surface area contributed by atoms with Crippen LogP contribution in [0.5, 0.6) is 0 Å². The fraction of sp³-hybridized carbons (Fsp3) is 0.609. The van der Waals surface area contributed by atoms with Gasteiger partial charge in [-0.1, -0.05) is 12.1 Å². The number of carbonyl (C=O) groups is 1. The number of nitrogens with one attached hydrogen (secondary N) is 1. The van der Waals surface area contributed by atoms with Crippen LogP contribution in [0.1, 0.15) is 35.2 Å². The minimum absolute atomic E-state index is 0.215. The predicted octanol–water partition coefficient (Wildman–Crippen LogP) is 3.45. The van der Waals surface area contributed by atoms with Crippen molar-refractivity contribution in [2.45, 2.75) is 40.0 Å². The molecule has 0 radical (unpaired) electrons. The van der Waals surface area contributed by atoms with E-state index in [1.54, 1.807) is 7.11 Å². The largest absolute Gasteiger partial charge is 0.383 e. The number of fused-ring (bicyclic) bond motifs is 1. The molecular formula is C23H35N3O2. The minimum Gasteiger partial charge on any atom is -0.383 e. The molecule has 1 aromatic heterocycles. The first-order valence-electron chi connectivity index (χ1n) is 10.4. The Labute approximate surface area is 169 Å². The second kappa shape index (κ2) is 9.10. The van der Waals surface area contributed by atoms with Crippen molar-refractivity contribution >= 4 is 16.8 Å². The standard InChI is InChI=1S/C23H35N3O2/c1-16-6-7-17(2)23-22(16)20(18(3)24-23)14-21(27)25(4)15-19-8-10-26(11-9-19)12-13-28-5/h6-7,19,24H,8-15H2,1-5H3. The Hall–Kier alpha value is -1.85. The number of rotatable bonds is 7. The summed E-state index contributed by atoms with van der Waals surface area (Å²) >= 11 is 0. The smallest absolute Gasteiger partial charge is 0.226 e. The number of nitrogens with zero attached hydrogens (tertiary/aromatic N) is 2. The van der Waals surface area contributed by atoms with E-state index in [0.717, 1.165) is 56.9 Å². The number of likely N-dealkylation sites (N-methyl/N-ethyl adjacent to an activating group) is 1. The molecule has 0 aliphatic carbocycles. The Morgan fingerprint density at radius 1 is 1.21 bits per heavy atom. The second-order valence-electron chi connectivity index (χ2n) is 8.41. The van der Waals surface area contributed by atoms with E-state index in [-0.39, 0.29) is 5.91 Å². The van der Waals surface area contributed by atoms with E-state index in [1.165, 1.54) is 22.0 Å². The van der Waals surface area contributed by atoms with Gasteiger partial charge in [0.2, 0.25) is 5.91 Å². The zero-order chi connectivity index (χ0) is 20.3. The lowest BCUT2D eigenvalue weighted by Crippen LogP contribution is -2.40. The Bertz CT molecular complexity index is 819. The molecule has 0 unspecified atom stereocenters. The number of aromatic nitrogens is 1. The molecule has 154 valence electrons. The molecule has 0 saturated carbocycles. The fourth-order valence-corrected chi connectivity index (χ4v) is 4.42. The summed E-state index contributed by atoms with van der Waals surface area (Å²) in [5.74, 6) is 0.813. The van der Waals surface area contributed by atoms with Gasteiger partial charge in [-0.2, -0.15) is 0 Å². The lowest BCUT2D eigenvalue weighted by molar-refractivity contribution is -0.129. The zero-order valence-electron chi connectivity index (χ0n) is 18.1. The van der Waals surface area contributed by atoms with Crippen molar-refractivity contribution in [2.75, 3.05) is 46.9 Å². The van der Waals surface area contributed by atoms with Crippen molar-refractivity contribution in [1.82, 2.24) is 14.8 Å². The normalized spacial score (nSPS) is 16.0. The fourth-order valence-electron chi connectivity index (χ4n) is 4.42. The number of amides is 1. The molecule has 3 rings (SSSR count). The van der Waals surface area contributed by atoms with Crippen LogP contribution >= 0.6 is 0 Å². The van der Waals surface area contributed by atoms with E-state index in [2.05, 4.69) is 42.8 Å². The first-order valence-corrected chi connectivity index (χ1v) is 10.4. The molecule has 0 spiro atoms. The molecule has 1 saturated heterocycles. The highest BCUT2D eigenvalue weighted by Crippen LogP contribution is 2.29. The molecular weight excluding hydrogens is 350 g/mol. The van der Waals surface area contributed by atoms with E-state index < -0.39 is 0 Å². The van der Waals surface area contributed by atoms with Gasteiger partial charge in [0.25, 0.3) is 0 Å². The topological polar surface area (TPSA) is 48.6 Å². The molecule has 2 heterocycles. The van der Waals surface area contributed by atoms with Gasteiger partial charge < -0.3 is 19.5 Å². The quantitative estimate of drug-likeness (QED) is 0.794. The lowest BCUT2D eigenvalue weighted by Gasteiger charge is -2.33. The molecule has 1 fully saturated rings. The highest BCUT2D eigenvalue weighted by Gasteiger charge is 2.23. The number of carbonyl (C=O) groups excluding carboxylic acids is 1. The third-order valence-electron chi connectivity index (χ3n) is 6.29. The highest BCUT2D eigenvalue weighted by molar-refractivity contribution is 5.93. The van der Waals surface area contributed by atoms with Gasteiger partial charge in [0.15, 0.2) is 0 Å². The van der Waals surface area contributed by atoms with E-state index in [9.17, 15) is 4.79 Å². The van der Waals surface area contributed by atoms with Gasteiger partial charge in [-0.05, 0) is 69.3 Å². The average molecular weight is 386 g/mol. The summed E-state index contributed by atoms with van der Waals surface area (Å²) < 4.78 is 5.18. The first kappa shape index (κ1) is 20.9. The summed E-state index contributed by atoms with van der Waals surface area (Å²) in [5.41, 5.74) is 5.91. The molecule has 5 heteroatoms. The van der Waals surface area contributed by atoms with Gasteiger partial charge in [-0.3, -0.25) is 4.79 Å². The molecule has 1 N–H and O–H groups in total. The summed E-state index contributed by atoms with van der Waals surface area (Å²) in [4.78, 5) is 20.9. The Balaban J connectivity index is 1.60. The van der Waals surface area contributed by atoms with E-state index in [0.29, 0.717) is 12.3 Å². The number of likely N-dealkylation sites (tertiary alicyclic amines) is 1. The van der Waals surface area contributed by atoms with Crippen molar-refractivity contribution in [3.63, 3.8) is 0 Å². The SMILES string of the molecule is COCCN1CCC(CN(C)C(=O)Cc2c(C)[nH]c3c(C)ccc(C)c23)CC1. The Morgan fingerprint density at radius 3 is 2.57 bits per heavy atom. The number of aryl methyl sites for hydroxylation is 3. The van der Waals surface area contributed by atoms with Crippen LogP contribution in [-0.2, 0) is 16.0 Å². The van der Waals surface area contributed by atoms with Crippen molar-refractivity contribution in [2.24, 2.45) is 5.92 Å². The number of benzene rings is 1. The third-order valence-corrected chi connectivity index (χ3v) is 6.29. The van der Waals surface area contributed by atoms with Crippen LogP contribution in [0.15, 0.2) is 12.1 Å². The Morgan fingerprint density at radius 2 is 1.89 bits per heavy atom. The number of aromatic amines is 1. The average Bonchev–Trinajstić information content (AvgIpc) is 3.01. The van der Waals surface area contributed by atoms with Crippen LogP contribution in [0.3, 0.4) is 0 Å². The number of hydrogen-bond acceptors (Lipinski definition) is 3. The summed E-state index contributed by atoms with van der Waals surface area (Å²) in [6.45, 7) is 11.2. The van der Waals surface area contributed by atoms with Crippen molar-refractivity contribution in [1.29, 1.82) is 0 Å². The summed E-state index contributed by atoms with van der Waals surface area (Å²) in [6, 6.07) is 4.30. The van der Waals surface area contributed by atoms with Gasteiger partial charge in [-0.15, -0.1) is 0 Å². The number of ether oxygens (including phenoxy) is 1. The molecule has 1 aliphatic rings. The van der Waals surface area contributed by atoms with Crippen LogP contribution in [0.2, 0.25) is 0 Å². The molecule has 0 atom stereocenters. The molecule has 1 amide bonds. The van der Waals surface area contributed by atoms with Crippen molar-refractivity contribution in [3.05, 3.63) is 34.5 Å². The predicted molar refractivity (Wildman–Crippen MR) is 115 cm³/mol. The van der Waals surface area contributed by atoms with Gasteiger partial charge in [0, 0.05) is 43.8 Å². The summed E-state index contributed by atoms with van der Waals surface area (Å²) in [6.07, 6.45) is 2.79. The molecule has 1 aliphatic heterocycles. The minimum atomic E-state index is 0.215. The summed E-state index contributed by atoms with van der Waals surface area (Å²) in [5, 5.41) is 1.23. The van der Waals surface area contributed by atoms with Gasteiger partial charge in [0.1, 0.15) is 0 Å². The second-order valence-corrected chi connectivity index (χ2v) is 8.41. The van der Waals surface area contributed by atoms with Crippen LogP contribution in [0, 0.1) is 26.7 Å². The van der Waals surface area contributed by atoms with E-state index >= 15 is 0 Å². The number of methoxy groups -OCH3 is 1. The van der Waals surface area contributed by atoms with Gasteiger partial charge in [0.05, 0.1) is 13.0 Å². The van der Waals surface area contributed by atoms with Gasteiger partial charge >= 0.3 is 0 Å². The van der Waals surface area contributed by atoms with Crippen LogP contribution in [0.25, 0.3) is 10.9 Å². The molecule has 5 nitrogen and oxygen atoms in total. The van der Waals surface area contributed by atoms with Crippen LogP contribution in [0.4, 0.5) is 0 Å². The maximum atomic E-state index is 13.0. The number of piperidine rings is 1. The third kappa shape index (κ3) is 4.58.